The first-order chi connectivity index (χ1) is 11.0. The van der Waals surface area contributed by atoms with Gasteiger partial charge in [-0.15, -0.1) is 0 Å². The number of nitrogens with zero attached hydrogens (tertiary/aromatic N) is 1. The van der Waals surface area contributed by atoms with Crippen LogP contribution < -0.4 is 0 Å². The Hall–Kier alpha value is -1.91. The lowest BCUT2D eigenvalue weighted by molar-refractivity contribution is -0.142. The largest absolute Gasteiger partial charge is 0.481 e. The van der Waals surface area contributed by atoms with Crippen molar-refractivity contribution in [2.45, 2.75) is 56.4 Å². The molecule has 3 rings (SSSR count). The van der Waals surface area contributed by atoms with Crippen molar-refractivity contribution < 1.29 is 19.1 Å². The summed E-state index contributed by atoms with van der Waals surface area (Å²) in [6.07, 6.45) is 5.06. The Morgan fingerprint density at radius 2 is 1.83 bits per heavy atom. The second-order valence-electron chi connectivity index (χ2n) is 6.69. The molecule has 0 aromatic heterocycles. The van der Waals surface area contributed by atoms with Gasteiger partial charge in [0.2, 0.25) is 5.91 Å². The molecular weight excluding hydrogens is 297 g/mol. The number of halogens is 1. The predicted molar refractivity (Wildman–Crippen MR) is 83.5 cm³/mol. The van der Waals surface area contributed by atoms with Crippen LogP contribution in [0.4, 0.5) is 4.39 Å². The number of rotatable bonds is 4. The number of carbonyl (C=O) groups is 2. The van der Waals surface area contributed by atoms with Gasteiger partial charge in [0.05, 0.1) is 11.8 Å². The smallest absolute Gasteiger partial charge is 0.305 e. The lowest BCUT2D eigenvalue weighted by Gasteiger charge is -2.35. The third-order valence-corrected chi connectivity index (χ3v) is 5.31. The minimum Gasteiger partial charge on any atom is -0.481 e. The highest BCUT2D eigenvalue weighted by molar-refractivity contribution is 5.89. The Balaban J connectivity index is 1.90. The van der Waals surface area contributed by atoms with Gasteiger partial charge in [-0.05, 0) is 43.4 Å². The fourth-order valence-electron chi connectivity index (χ4n) is 4.17. The summed E-state index contributed by atoms with van der Waals surface area (Å²) < 4.78 is 13.2. The van der Waals surface area contributed by atoms with E-state index in [0.717, 1.165) is 44.1 Å². The van der Waals surface area contributed by atoms with Gasteiger partial charge in [0.1, 0.15) is 5.82 Å². The molecular formula is C18H22FNO3. The van der Waals surface area contributed by atoms with E-state index in [4.69, 9.17) is 5.11 Å². The number of carboxylic acid groups (broad SMARTS) is 1. The van der Waals surface area contributed by atoms with Gasteiger partial charge in [-0.3, -0.25) is 9.59 Å². The number of amides is 1. The summed E-state index contributed by atoms with van der Waals surface area (Å²) >= 11 is 0. The maximum atomic E-state index is 13.3. The quantitative estimate of drug-likeness (QED) is 0.928. The maximum absolute atomic E-state index is 13.3. The van der Waals surface area contributed by atoms with E-state index >= 15 is 0 Å². The molecule has 1 aliphatic heterocycles. The van der Waals surface area contributed by atoms with Crippen molar-refractivity contribution in [1.82, 2.24) is 4.90 Å². The summed E-state index contributed by atoms with van der Waals surface area (Å²) in [7, 11) is 0. The van der Waals surface area contributed by atoms with Crippen LogP contribution in [0.25, 0.3) is 0 Å². The molecule has 1 amide bonds. The summed E-state index contributed by atoms with van der Waals surface area (Å²) in [6.45, 7) is 0.625. The fraction of sp³-hybridized carbons (Fsp3) is 0.556. The van der Waals surface area contributed by atoms with E-state index in [1.165, 1.54) is 12.1 Å². The Kier molecular flexibility index (Phi) is 4.37. The van der Waals surface area contributed by atoms with E-state index in [0.29, 0.717) is 6.54 Å². The van der Waals surface area contributed by atoms with Crippen LogP contribution in [-0.4, -0.2) is 34.5 Å². The van der Waals surface area contributed by atoms with E-state index < -0.39 is 11.4 Å². The Bertz CT molecular complexity index is 593. The molecule has 4 nitrogen and oxygen atoms in total. The highest BCUT2D eigenvalue weighted by atomic mass is 19.1. The molecule has 1 aromatic rings. The molecule has 0 bridgehead atoms. The van der Waals surface area contributed by atoms with Crippen LogP contribution in [0.2, 0.25) is 0 Å². The second-order valence-corrected chi connectivity index (χ2v) is 6.69. The average Bonchev–Trinajstić information content (AvgIpc) is 3.16. The predicted octanol–water partition coefficient (Wildman–Crippen LogP) is 3.10. The summed E-state index contributed by atoms with van der Waals surface area (Å²) in [4.78, 5) is 26.1. The van der Waals surface area contributed by atoms with Crippen molar-refractivity contribution in [3.63, 3.8) is 0 Å². The topological polar surface area (TPSA) is 57.6 Å². The number of aliphatic carboxylic acids is 1. The zero-order valence-electron chi connectivity index (χ0n) is 13.1. The molecule has 124 valence electrons. The van der Waals surface area contributed by atoms with E-state index in [-0.39, 0.29) is 24.2 Å². The van der Waals surface area contributed by atoms with Crippen molar-refractivity contribution in [2.75, 3.05) is 6.54 Å². The summed E-state index contributed by atoms with van der Waals surface area (Å²) in [5.74, 6) is -1.14. The van der Waals surface area contributed by atoms with Gasteiger partial charge in [0, 0.05) is 12.6 Å². The van der Waals surface area contributed by atoms with E-state index in [1.807, 2.05) is 0 Å². The average molecular weight is 319 g/mol. The third-order valence-electron chi connectivity index (χ3n) is 5.31. The number of carbonyl (C=O) groups excluding carboxylic acids is 1. The van der Waals surface area contributed by atoms with Crippen LogP contribution >= 0.6 is 0 Å². The monoisotopic (exact) mass is 319 g/mol. The van der Waals surface area contributed by atoms with Gasteiger partial charge < -0.3 is 10.0 Å². The molecule has 0 radical (unpaired) electrons. The second kappa shape index (κ2) is 6.30. The van der Waals surface area contributed by atoms with Crippen molar-refractivity contribution in [1.29, 1.82) is 0 Å². The van der Waals surface area contributed by atoms with Gasteiger partial charge in [0.25, 0.3) is 0 Å². The molecule has 0 spiro atoms. The Morgan fingerprint density at radius 1 is 1.17 bits per heavy atom. The first-order valence-corrected chi connectivity index (χ1v) is 8.32. The molecule has 23 heavy (non-hydrogen) atoms. The van der Waals surface area contributed by atoms with Crippen LogP contribution in [0.3, 0.4) is 0 Å². The minimum atomic E-state index is -0.864. The van der Waals surface area contributed by atoms with Crippen molar-refractivity contribution in [3.8, 4) is 0 Å². The zero-order chi connectivity index (χ0) is 16.4. The van der Waals surface area contributed by atoms with Gasteiger partial charge in [-0.1, -0.05) is 25.0 Å². The molecule has 2 fully saturated rings. The zero-order valence-corrected chi connectivity index (χ0v) is 13.1. The van der Waals surface area contributed by atoms with Crippen LogP contribution in [0.5, 0.6) is 0 Å². The van der Waals surface area contributed by atoms with Gasteiger partial charge in [-0.25, -0.2) is 4.39 Å². The van der Waals surface area contributed by atoms with Crippen LogP contribution in [-0.2, 0) is 15.0 Å². The highest BCUT2D eigenvalue weighted by Gasteiger charge is 2.47. The highest BCUT2D eigenvalue weighted by Crippen LogP contribution is 2.44. The lowest BCUT2D eigenvalue weighted by Crippen LogP contribution is -2.48. The molecule has 1 heterocycles. The standard InChI is InChI=1S/C18H22FNO3/c19-14-7-5-13(6-8-14)18(9-1-2-10-18)17(23)20-11-3-4-15(20)12-16(21)22/h5-8,15H,1-4,9-12H2,(H,21,22). The molecule has 1 aromatic carbocycles. The lowest BCUT2D eigenvalue weighted by atomic mass is 9.77. The number of hydrogen-bond acceptors (Lipinski definition) is 2. The first-order valence-electron chi connectivity index (χ1n) is 8.32. The van der Waals surface area contributed by atoms with Crippen molar-refractivity contribution in [3.05, 3.63) is 35.6 Å². The number of likely N-dealkylation sites (tertiary alicyclic amines) is 1. The van der Waals surface area contributed by atoms with Crippen LogP contribution in [0.15, 0.2) is 24.3 Å². The SMILES string of the molecule is O=C(O)CC1CCCN1C(=O)C1(c2ccc(F)cc2)CCCC1. The Morgan fingerprint density at radius 3 is 2.43 bits per heavy atom. The summed E-state index contributed by atoms with van der Waals surface area (Å²) in [5.41, 5.74) is 0.261. The molecule has 1 N–H and O–H groups in total. The maximum Gasteiger partial charge on any atom is 0.305 e. The van der Waals surface area contributed by atoms with Gasteiger partial charge >= 0.3 is 5.97 Å². The van der Waals surface area contributed by atoms with Crippen LogP contribution in [0.1, 0.15) is 50.5 Å². The molecule has 1 saturated carbocycles. The van der Waals surface area contributed by atoms with E-state index in [1.54, 1.807) is 17.0 Å². The van der Waals surface area contributed by atoms with Gasteiger partial charge in [-0.2, -0.15) is 0 Å². The Labute approximate surface area is 135 Å². The molecule has 1 unspecified atom stereocenters. The number of hydrogen-bond donors (Lipinski definition) is 1. The minimum absolute atomic E-state index is 0.00520. The molecule has 1 aliphatic carbocycles. The van der Waals surface area contributed by atoms with Crippen molar-refractivity contribution in [2.24, 2.45) is 0 Å². The number of carboxylic acids is 1. The third kappa shape index (κ3) is 2.96. The summed E-state index contributed by atoms with van der Waals surface area (Å²) in [5, 5.41) is 9.07. The van der Waals surface area contributed by atoms with Crippen LogP contribution in [0, 0.1) is 5.82 Å². The number of benzene rings is 1. The van der Waals surface area contributed by atoms with E-state index in [9.17, 15) is 14.0 Å². The summed E-state index contributed by atoms with van der Waals surface area (Å²) in [6, 6.07) is 6.02. The van der Waals surface area contributed by atoms with Crippen molar-refractivity contribution >= 4 is 11.9 Å². The fourth-order valence-corrected chi connectivity index (χ4v) is 4.17. The molecule has 1 saturated heterocycles. The van der Waals surface area contributed by atoms with Gasteiger partial charge in [0.15, 0.2) is 0 Å². The normalized spacial score (nSPS) is 23.2. The van der Waals surface area contributed by atoms with E-state index in [2.05, 4.69) is 0 Å². The molecule has 5 heteroatoms. The molecule has 2 aliphatic rings. The molecule has 1 atom stereocenters. The first kappa shape index (κ1) is 16.0.